The van der Waals surface area contributed by atoms with E-state index in [4.69, 9.17) is 0 Å². The fourth-order valence-corrected chi connectivity index (χ4v) is 5.54. The van der Waals surface area contributed by atoms with E-state index in [2.05, 4.69) is 21.3 Å². The third kappa shape index (κ3) is 4.27. The van der Waals surface area contributed by atoms with E-state index in [1.165, 1.54) is 12.5 Å². The van der Waals surface area contributed by atoms with Crippen LogP contribution in [0.25, 0.3) is 10.9 Å². The van der Waals surface area contributed by atoms with Crippen molar-refractivity contribution >= 4 is 22.5 Å². The second kappa shape index (κ2) is 9.09. The van der Waals surface area contributed by atoms with Crippen molar-refractivity contribution in [3.8, 4) is 0 Å². The first-order valence-electron chi connectivity index (χ1n) is 12.6. The van der Waals surface area contributed by atoms with Crippen molar-refractivity contribution in [3.63, 3.8) is 0 Å². The molecule has 1 saturated heterocycles. The standard InChI is InChI=1S/C26H35FN4O2/c1-3-29-11-13-30(14-12-29)24-16-23-20(15-22(24)27)25(32)21(17-31(23)19-9-10-19)26(33)28(2)18-7-5-4-6-8-18/h15-19H,3-14H2,1-2H3. The van der Waals surface area contributed by atoms with Gasteiger partial charge in [-0.2, -0.15) is 0 Å². The highest BCUT2D eigenvalue weighted by atomic mass is 19.1. The molecule has 2 aliphatic carbocycles. The minimum Gasteiger partial charge on any atom is -0.367 e. The molecule has 7 heteroatoms. The molecule has 0 N–H and O–H groups in total. The molecule has 1 aromatic carbocycles. The Labute approximate surface area is 194 Å². The number of aromatic nitrogens is 1. The smallest absolute Gasteiger partial charge is 0.259 e. The summed E-state index contributed by atoms with van der Waals surface area (Å²) < 4.78 is 17.4. The van der Waals surface area contributed by atoms with Crippen LogP contribution in [-0.4, -0.2) is 66.1 Å². The first-order chi connectivity index (χ1) is 16.0. The average molecular weight is 455 g/mol. The lowest BCUT2D eigenvalue weighted by molar-refractivity contribution is 0.0694. The van der Waals surface area contributed by atoms with E-state index in [1.807, 2.05) is 13.1 Å². The van der Waals surface area contributed by atoms with Gasteiger partial charge in [0.15, 0.2) is 0 Å². The number of hydrogen-bond donors (Lipinski definition) is 0. The van der Waals surface area contributed by atoms with Gasteiger partial charge in [-0.1, -0.05) is 26.2 Å². The van der Waals surface area contributed by atoms with Gasteiger partial charge < -0.3 is 19.3 Å². The first kappa shape index (κ1) is 22.4. The maximum Gasteiger partial charge on any atom is 0.259 e. The van der Waals surface area contributed by atoms with Gasteiger partial charge in [-0.3, -0.25) is 9.59 Å². The second-order valence-corrected chi connectivity index (χ2v) is 9.96. The van der Waals surface area contributed by atoms with Gasteiger partial charge in [0.1, 0.15) is 11.4 Å². The topological polar surface area (TPSA) is 48.8 Å². The number of nitrogens with zero attached hydrogens (tertiary/aromatic N) is 4. The Morgan fingerprint density at radius 3 is 2.39 bits per heavy atom. The Kier molecular flexibility index (Phi) is 6.16. The van der Waals surface area contributed by atoms with Gasteiger partial charge in [0, 0.05) is 56.9 Å². The van der Waals surface area contributed by atoms with Gasteiger partial charge in [0.05, 0.1) is 11.2 Å². The van der Waals surface area contributed by atoms with Crippen LogP contribution in [0.5, 0.6) is 0 Å². The number of pyridine rings is 1. The van der Waals surface area contributed by atoms with Crippen LogP contribution in [0, 0.1) is 5.82 Å². The van der Waals surface area contributed by atoms with E-state index in [-0.39, 0.29) is 34.8 Å². The summed E-state index contributed by atoms with van der Waals surface area (Å²) in [5.41, 5.74) is 1.13. The average Bonchev–Trinajstić information content (AvgIpc) is 3.69. The van der Waals surface area contributed by atoms with E-state index in [1.54, 1.807) is 11.1 Å². The number of hydrogen-bond acceptors (Lipinski definition) is 4. The molecule has 3 aliphatic rings. The molecular weight excluding hydrogens is 419 g/mol. The summed E-state index contributed by atoms with van der Waals surface area (Å²) in [6.07, 6.45) is 9.20. The number of benzene rings is 1. The summed E-state index contributed by atoms with van der Waals surface area (Å²) in [4.78, 5) is 33.0. The van der Waals surface area contributed by atoms with E-state index in [0.29, 0.717) is 11.1 Å². The van der Waals surface area contributed by atoms with Gasteiger partial charge in [-0.05, 0) is 44.4 Å². The maximum atomic E-state index is 15.3. The Morgan fingerprint density at radius 2 is 1.76 bits per heavy atom. The van der Waals surface area contributed by atoms with Crippen LogP contribution in [0.1, 0.15) is 68.3 Å². The van der Waals surface area contributed by atoms with Crippen LogP contribution in [0.15, 0.2) is 23.1 Å². The highest BCUT2D eigenvalue weighted by Gasteiger charge is 2.30. The number of anilines is 1. The van der Waals surface area contributed by atoms with Crippen LogP contribution in [-0.2, 0) is 0 Å². The number of rotatable bonds is 5. The van der Waals surface area contributed by atoms with Gasteiger partial charge in [0.25, 0.3) is 5.91 Å². The number of amides is 1. The number of carbonyl (C=O) groups is 1. The number of likely N-dealkylation sites (N-methyl/N-ethyl adjacent to an activating group) is 1. The van der Waals surface area contributed by atoms with E-state index >= 15 is 4.39 Å². The van der Waals surface area contributed by atoms with Crippen LogP contribution >= 0.6 is 0 Å². The lowest BCUT2D eigenvalue weighted by Crippen LogP contribution is -2.46. The Hall–Kier alpha value is -2.41. The Balaban J connectivity index is 1.53. The molecule has 2 heterocycles. The maximum absolute atomic E-state index is 15.3. The Morgan fingerprint density at radius 1 is 1.06 bits per heavy atom. The molecule has 1 aliphatic heterocycles. The highest BCUT2D eigenvalue weighted by Crippen LogP contribution is 2.38. The number of halogens is 1. The molecule has 33 heavy (non-hydrogen) atoms. The van der Waals surface area contributed by atoms with Gasteiger partial charge in [-0.25, -0.2) is 4.39 Å². The lowest BCUT2D eigenvalue weighted by atomic mass is 9.94. The third-order valence-electron chi connectivity index (χ3n) is 7.87. The highest BCUT2D eigenvalue weighted by molar-refractivity contribution is 5.98. The lowest BCUT2D eigenvalue weighted by Gasteiger charge is -2.35. The largest absolute Gasteiger partial charge is 0.367 e. The predicted octanol–water partition coefficient (Wildman–Crippen LogP) is 4.02. The molecule has 5 rings (SSSR count). The van der Waals surface area contributed by atoms with Crippen molar-refractivity contribution < 1.29 is 9.18 Å². The van der Waals surface area contributed by atoms with Gasteiger partial charge in [-0.15, -0.1) is 0 Å². The molecule has 0 bridgehead atoms. The number of fused-ring (bicyclic) bond motifs is 1. The predicted molar refractivity (Wildman–Crippen MR) is 130 cm³/mol. The molecule has 3 fully saturated rings. The summed E-state index contributed by atoms with van der Waals surface area (Å²) in [5, 5.41) is 0.318. The van der Waals surface area contributed by atoms with Gasteiger partial charge in [0.2, 0.25) is 5.43 Å². The molecule has 0 unspecified atom stereocenters. The Bertz CT molecular complexity index is 1100. The van der Waals surface area contributed by atoms with Crippen LogP contribution in [0.2, 0.25) is 0 Å². The van der Waals surface area contributed by atoms with Crippen molar-refractivity contribution in [2.75, 3.05) is 44.7 Å². The number of carbonyl (C=O) groups excluding carboxylic acids is 1. The van der Waals surface area contributed by atoms with Crippen molar-refractivity contribution in [2.24, 2.45) is 0 Å². The fraction of sp³-hybridized carbons (Fsp3) is 0.615. The second-order valence-electron chi connectivity index (χ2n) is 9.96. The fourth-order valence-electron chi connectivity index (χ4n) is 5.54. The normalized spacial score (nSPS) is 20.4. The molecule has 6 nitrogen and oxygen atoms in total. The first-order valence-corrected chi connectivity index (χ1v) is 12.6. The molecule has 0 radical (unpaired) electrons. The summed E-state index contributed by atoms with van der Waals surface area (Å²) in [6, 6.07) is 3.66. The zero-order chi connectivity index (χ0) is 23.1. The third-order valence-corrected chi connectivity index (χ3v) is 7.87. The van der Waals surface area contributed by atoms with E-state index < -0.39 is 0 Å². The molecule has 0 spiro atoms. The SMILES string of the molecule is CCN1CCN(c2cc3c(cc2F)c(=O)c(C(=O)N(C)C2CCCCC2)cn3C2CC2)CC1. The van der Waals surface area contributed by atoms with Crippen LogP contribution in [0.3, 0.4) is 0 Å². The zero-order valence-corrected chi connectivity index (χ0v) is 19.9. The molecule has 1 amide bonds. The molecule has 2 saturated carbocycles. The van der Waals surface area contributed by atoms with Crippen LogP contribution < -0.4 is 10.3 Å². The molecule has 2 aromatic rings. The van der Waals surface area contributed by atoms with Crippen molar-refractivity contribution in [1.29, 1.82) is 0 Å². The zero-order valence-electron chi connectivity index (χ0n) is 19.9. The molecule has 0 atom stereocenters. The summed E-state index contributed by atoms with van der Waals surface area (Å²) in [5.74, 6) is -0.611. The van der Waals surface area contributed by atoms with Crippen molar-refractivity contribution in [2.45, 2.75) is 64.0 Å². The minimum absolute atomic E-state index is 0.172. The summed E-state index contributed by atoms with van der Waals surface area (Å²) >= 11 is 0. The number of piperazine rings is 1. The van der Waals surface area contributed by atoms with Crippen molar-refractivity contribution in [3.05, 3.63) is 39.9 Å². The molecular formula is C26H35FN4O2. The molecule has 178 valence electrons. The quantitative estimate of drug-likeness (QED) is 0.685. The summed E-state index contributed by atoms with van der Waals surface area (Å²) in [6.45, 7) is 6.50. The van der Waals surface area contributed by atoms with Gasteiger partial charge >= 0.3 is 0 Å². The summed E-state index contributed by atoms with van der Waals surface area (Å²) in [7, 11) is 1.81. The monoisotopic (exact) mass is 454 g/mol. The van der Waals surface area contributed by atoms with E-state index in [0.717, 1.165) is 76.8 Å². The minimum atomic E-state index is -0.378. The molecule has 1 aromatic heterocycles. The van der Waals surface area contributed by atoms with Crippen molar-refractivity contribution in [1.82, 2.24) is 14.4 Å². The van der Waals surface area contributed by atoms with E-state index in [9.17, 15) is 9.59 Å². The van der Waals surface area contributed by atoms with Crippen LogP contribution in [0.4, 0.5) is 10.1 Å².